The highest BCUT2D eigenvalue weighted by Crippen LogP contribution is 2.34. The Balaban J connectivity index is 2.05. The van der Waals surface area contributed by atoms with E-state index in [9.17, 15) is 0 Å². The van der Waals surface area contributed by atoms with Crippen LogP contribution in [0.4, 0.5) is 0 Å². The van der Waals surface area contributed by atoms with Crippen LogP contribution in [0.2, 0.25) is 0 Å². The molecule has 0 amide bonds. The third kappa shape index (κ3) is 1.50. The minimum atomic E-state index is 0.589. The van der Waals surface area contributed by atoms with Crippen molar-refractivity contribution in [3.63, 3.8) is 0 Å². The Morgan fingerprint density at radius 2 is 2.25 bits per heavy atom. The van der Waals surface area contributed by atoms with Gasteiger partial charge in [-0.05, 0) is 31.5 Å². The van der Waals surface area contributed by atoms with Crippen LogP contribution in [-0.4, -0.2) is 21.1 Å². The van der Waals surface area contributed by atoms with Gasteiger partial charge in [0.05, 0.1) is 0 Å². The van der Waals surface area contributed by atoms with Gasteiger partial charge >= 0.3 is 0 Å². The quantitative estimate of drug-likeness (QED) is 0.845. The number of hydrogen-bond donors (Lipinski definition) is 1. The second kappa shape index (κ2) is 3.87. The van der Waals surface area contributed by atoms with E-state index in [4.69, 9.17) is 5.73 Å². The van der Waals surface area contributed by atoms with Crippen LogP contribution in [0.15, 0.2) is 18.2 Å². The van der Waals surface area contributed by atoms with Gasteiger partial charge in [-0.1, -0.05) is 12.5 Å². The molecule has 84 valence electrons. The fraction of sp³-hybridized carbons (Fsp3) is 0.500. The Bertz CT molecular complexity index is 499. The highest BCUT2D eigenvalue weighted by molar-refractivity contribution is 5.39. The van der Waals surface area contributed by atoms with Gasteiger partial charge in [0, 0.05) is 18.0 Å². The number of nitrogens with zero attached hydrogens (tertiary/aromatic N) is 3. The van der Waals surface area contributed by atoms with E-state index >= 15 is 0 Å². The SMILES string of the molecule is NCCc1cccc2nc(C3CCC3)nn12. The molecule has 2 heterocycles. The van der Waals surface area contributed by atoms with Crippen LogP contribution < -0.4 is 5.73 Å². The van der Waals surface area contributed by atoms with Gasteiger partial charge in [0.1, 0.15) is 0 Å². The van der Waals surface area contributed by atoms with Gasteiger partial charge in [0.2, 0.25) is 0 Å². The molecule has 1 fully saturated rings. The zero-order chi connectivity index (χ0) is 11.0. The zero-order valence-electron chi connectivity index (χ0n) is 9.26. The molecule has 0 radical (unpaired) electrons. The second-order valence-corrected chi connectivity index (χ2v) is 4.42. The highest BCUT2D eigenvalue weighted by Gasteiger charge is 2.23. The summed E-state index contributed by atoms with van der Waals surface area (Å²) < 4.78 is 1.94. The minimum Gasteiger partial charge on any atom is -0.330 e. The molecule has 16 heavy (non-hydrogen) atoms. The highest BCUT2D eigenvalue weighted by atomic mass is 15.3. The smallest absolute Gasteiger partial charge is 0.155 e. The van der Waals surface area contributed by atoms with Crippen LogP contribution in [0.5, 0.6) is 0 Å². The topological polar surface area (TPSA) is 56.2 Å². The molecule has 2 N–H and O–H groups in total. The Kier molecular flexibility index (Phi) is 2.36. The second-order valence-electron chi connectivity index (χ2n) is 4.42. The van der Waals surface area contributed by atoms with Gasteiger partial charge in [-0.3, -0.25) is 0 Å². The fourth-order valence-corrected chi connectivity index (χ4v) is 2.15. The van der Waals surface area contributed by atoms with Crippen LogP contribution in [0.1, 0.15) is 36.7 Å². The van der Waals surface area contributed by atoms with Crippen molar-refractivity contribution >= 4 is 5.65 Å². The molecular weight excluding hydrogens is 200 g/mol. The zero-order valence-corrected chi connectivity index (χ0v) is 9.26. The lowest BCUT2D eigenvalue weighted by Crippen LogP contribution is -2.11. The van der Waals surface area contributed by atoms with Crippen LogP contribution in [0, 0.1) is 0 Å². The lowest BCUT2D eigenvalue weighted by atomic mass is 9.85. The molecule has 0 aromatic carbocycles. The van der Waals surface area contributed by atoms with Crippen molar-refractivity contribution in [1.29, 1.82) is 0 Å². The van der Waals surface area contributed by atoms with Crippen LogP contribution >= 0.6 is 0 Å². The van der Waals surface area contributed by atoms with E-state index < -0.39 is 0 Å². The molecule has 1 saturated carbocycles. The molecule has 4 nitrogen and oxygen atoms in total. The summed E-state index contributed by atoms with van der Waals surface area (Å²) in [6.07, 6.45) is 4.65. The summed E-state index contributed by atoms with van der Waals surface area (Å²) in [6, 6.07) is 6.10. The third-order valence-corrected chi connectivity index (χ3v) is 3.33. The summed E-state index contributed by atoms with van der Waals surface area (Å²) in [5.74, 6) is 1.60. The molecular formula is C12H16N4. The van der Waals surface area contributed by atoms with Gasteiger partial charge < -0.3 is 5.73 Å². The molecule has 0 aliphatic heterocycles. The predicted molar refractivity (Wildman–Crippen MR) is 62.3 cm³/mol. The van der Waals surface area contributed by atoms with Crippen molar-refractivity contribution in [2.75, 3.05) is 6.54 Å². The van der Waals surface area contributed by atoms with Crippen LogP contribution in [0.3, 0.4) is 0 Å². The van der Waals surface area contributed by atoms with Crippen molar-refractivity contribution in [2.45, 2.75) is 31.6 Å². The normalized spacial score (nSPS) is 16.6. The lowest BCUT2D eigenvalue weighted by Gasteiger charge is -2.21. The van der Waals surface area contributed by atoms with Gasteiger partial charge in [0.25, 0.3) is 0 Å². The van der Waals surface area contributed by atoms with Crippen LogP contribution in [0.25, 0.3) is 5.65 Å². The largest absolute Gasteiger partial charge is 0.330 e. The maximum Gasteiger partial charge on any atom is 0.155 e. The molecule has 0 spiro atoms. The first kappa shape index (κ1) is 9.78. The summed E-state index contributed by atoms with van der Waals surface area (Å²) in [5.41, 5.74) is 7.70. The molecule has 0 saturated heterocycles. The molecule has 3 rings (SSSR count). The third-order valence-electron chi connectivity index (χ3n) is 3.33. The van der Waals surface area contributed by atoms with E-state index in [0.717, 1.165) is 23.6 Å². The maximum absolute atomic E-state index is 5.59. The van der Waals surface area contributed by atoms with E-state index in [-0.39, 0.29) is 0 Å². The molecule has 2 aromatic heterocycles. The molecule has 1 aliphatic rings. The molecule has 1 aliphatic carbocycles. The van der Waals surface area contributed by atoms with Crippen molar-refractivity contribution < 1.29 is 0 Å². The van der Waals surface area contributed by atoms with E-state index in [2.05, 4.69) is 16.1 Å². The predicted octanol–water partition coefficient (Wildman–Crippen LogP) is 1.50. The lowest BCUT2D eigenvalue weighted by molar-refractivity contribution is 0.401. The van der Waals surface area contributed by atoms with Crippen LogP contribution in [-0.2, 0) is 6.42 Å². The number of hydrogen-bond acceptors (Lipinski definition) is 3. The Morgan fingerprint density at radius 3 is 2.94 bits per heavy atom. The van der Waals surface area contributed by atoms with Gasteiger partial charge in [-0.25, -0.2) is 9.50 Å². The first-order valence-corrected chi connectivity index (χ1v) is 5.93. The van der Waals surface area contributed by atoms with E-state index in [1.54, 1.807) is 0 Å². The number of fused-ring (bicyclic) bond motifs is 1. The summed E-state index contributed by atoms with van der Waals surface area (Å²) in [7, 11) is 0. The number of rotatable bonds is 3. The minimum absolute atomic E-state index is 0.589. The number of pyridine rings is 1. The van der Waals surface area contributed by atoms with Gasteiger partial charge in [0.15, 0.2) is 11.5 Å². The number of nitrogens with two attached hydrogens (primary N) is 1. The first-order chi connectivity index (χ1) is 7.88. The Morgan fingerprint density at radius 1 is 1.38 bits per heavy atom. The van der Waals surface area contributed by atoms with E-state index in [1.807, 2.05) is 16.6 Å². The van der Waals surface area contributed by atoms with Gasteiger partial charge in [-0.2, -0.15) is 5.10 Å². The monoisotopic (exact) mass is 216 g/mol. The van der Waals surface area contributed by atoms with E-state index in [0.29, 0.717) is 12.5 Å². The first-order valence-electron chi connectivity index (χ1n) is 5.93. The van der Waals surface area contributed by atoms with Crippen molar-refractivity contribution in [3.8, 4) is 0 Å². The summed E-state index contributed by atoms with van der Waals surface area (Å²) in [5, 5.41) is 4.60. The summed E-state index contributed by atoms with van der Waals surface area (Å²) in [4.78, 5) is 4.59. The number of aromatic nitrogens is 3. The standard InChI is InChI=1S/C12H16N4/c13-8-7-10-5-2-6-11-14-12(15-16(10)11)9-3-1-4-9/h2,5-6,9H,1,3-4,7-8,13H2. The van der Waals surface area contributed by atoms with E-state index in [1.165, 1.54) is 19.3 Å². The molecule has 2 aromatic rings. The molecule has 0 bridgehead atoms. The van der Waals surface area contributed by atoms with Gasteiger partial charge in [-0.15, -0.1) is 0 Å². The Hall–Kier alpha value is -1.42. The van der Waals surface area contributed by atoms with Crippen molar-refractivity contribution in [2.24, 2.45) is 5.73 Å². The maximum atomic E-state index is 5.59. The molecule has 0 unspecified atom stereocenters. The Labute approximate surface area is 94.5 Å². The average molecular weight is 216 g/mol. The average Bonchev–Trinajstić information content (AvgIpc) is 2.59. The molecule has 4 heteroatoms. The van der Waals surface area contributed by atoms with Crippen molar-refractivity contribution in [3.05, 3.63) is 29.7 Å². The fourth-order valence-electron chi connectivity index (χ4n) is 2.15. The summed E-state index contributed by atoms with van der Waals surface area (Å²) in [6.45, 7) is 0.651. The summed E-state index contributed by atoms with van der Waals surface area (Å²) >= 11 is 0. The molecule has 0 atom stereocenters. The van der Waals surface area contributed by atoms with Crippen molar-refractivity contribution in [1.82, 2.24) is 14.6 Å².